The van der Waals surface area contributed by atoms with Gasteiger partial charge in [0.05, 0.1) is 20.6 Å². The molecule has 0 aromatic heterocycles. The largest absolute Gasteiger partial charge is 0.493 e. The van der Waals surface area contributed by atoms with Gasteiger partial charge in [0.2, 0.25) is 18.6 Å². The molecule has 0 fully saturated rings. The fourth-order valence-corrected chi connectivity index (χ4v) is 4.97. The molecule has 1 heterocycles. The minimum absolute atomic E-state index is 0.0162. The fraction of sp³-hybridized carbons (Fsp3) is 0.235. The van der Waals surface area contributed by atoms with E-state index in [2.05, 4.69) is 5.32 Å². The number of carbonyl (C=O) groups is 2. The zero-order chi connectivity index (χ0) is 30.2. The van der Waals surface area contributed by atoms with Crippen LogP contribution >= 0.6 is 0 Å². The van der Waals surface area contributed by atoms with Gasteiger partial charge in [0.15, 0.2) is 23.0 Å². The van der Waals surface area contributed by atoms with Crippen molar-refractivity contribution in [2.24, 2.45) is 0 Å². The predicted molar refractivity (Wildman–Crippen MR) is 159 cm³/mol. The number of methoxy groups -OCH3 is 2. The highest BCUT2D eigenvalue weighted by atomic mass is 19.1. The van der Waals surface area contributed by atoms with E-state index >= 15 is 0 Å². The second kappa shape index (κ2) is 13.7. The smallest absolute Gasteiger partial charge is 0.243 e. The molecule has 222 valence electrons. The van der Waals surface area contributed by atoms with Crippen LogP contribution in [0.15, 0.2) is 91.0 Å². The van der Waals surface area contributed by atoms with Crippen molar-refractivity contribution in [1.82, 2.24) is 10.2 Å². The molecule has 1 atom stereocenters. The van der Waals surface area contributed by atoms with E-state index in [0.29, 0.717) is 34.1 Å². The van der Waals surface area contributed by atoms with Crippen molar-refractivity contribution in [2.75, 3.05) is 21.0 Å². The number of nitrogens with zero attached hydrogens (tertiary/aromatic N) is 1. The van der Waals surface area contributed by atoms with E-state index in [9.17, 15) is 14.0 Å². The number of nitrogens with one attached hydrogen (secondary N) is 1. The lowest BCUT2D eigenvalue weighted by Crippen LogP contribution is -2.50. The van der Waals surface area contributed by atoms with E-state index in [4.69, 9.17) is 18.9 Å². The highest BCUT2D eigenvalue weighted by molar-refractivity contribution is 5.89. The molecule has 0 saturated carbocycles. The van der Waals surface area contributed by atoms with Crippen molar-refractivity contribution in [1.29, 1.82) is 0 Å². The molecule has 2 amide bonds. The van der Waals surface area contributed by atoms with Crippen LogP contribution in [0.25, 0.3) is 0 Å². The molecule has 0 aliphatic carbocycles. The van der Waals surface area contributed by atoms with Gasteiger partial charge in [0.1, 0.15) is 11.9 Å². The van der Waals surface area contributed by atoms with Crippen LogP contribution in [0.5, 0.6) is 23.0 Å². The summed E-state index contributed by atoms with van der Waals surface area (Å²) in [5, 5.41) is 3.01. The highest BCUT2D eigenvalue weighted by Gasteiger charge is 2.30. The number of fused-ring (bicyclic) bond motifs is 1. The molecule has 0 saturated heterocycles. The van der Waals surface area contributed by atoms with Crippen molar-refractivity contribution < 1.29 is 32.9 Å². The third-order valence-corrected chi connectivity index (χ3v) is 7.24. The Morgan fingerprint density at radius 1 is 0.814 bits per heavy atom. The molecule has 0 radical (unpaired) electrons. The summed E-state index contributed by atoms with van der Waals surface area (Å²) in [6, 6.07) is 25.4. The van der Waals surface area contributed by atoms with Crippen molar-refractivity contribution in [3.8, 4) is 23.0 Å². The van der Waals surface area contributed by atoms with Gasteiger partial charge < -0.3 is 29.2 Å². The second-order valence-electron chi connectivity index (χ2n) is 10.1. The summed E-state index contributed by atoms with van der Waals surface area (Å²) in [6.45, 7) is 0.501. The van der Waals surface area contributed by atoms with Gasteiger partial charge in [0.25, 0.3) is 0 Å². The molecule has 5 rings (SSSR count). The summed E-state index contributed by atoms with van der Waals surface area (Å²) in [4.78, 5) is 29.5. The lowest BCUT2D eigenvalue weighted by molar-refractivity contribution is -0.140. The number of halogens is 1. The first-order valence-corrected chi connectivity index (χ1v) is 13.9. The molecule has 43 heavy (non-hydrogen) atoms. The zero-order valence-electron chi connectivity index (χ0n) is 24.0. The molecule has 0 bridgehead atoms. The number of rotatable bonds is 12. The standard InChI is InChI=1S/C34H33FN2O6/c1-40-29-14-10-25(17-31(29)41-2)19-33(38)37(21-24-8-12-27(35)13-9-24)28(16-23-6-4-3-5-7-23)34(39)36-20-26-11-15-30-32(18-26)43-22-42-30/h3-15,17-18,28H,16,19-22H2,1-2H3,(H,36,39)/t28-/m0/s1. The summed E-state index contributed by atoms with van der Waals surface area (Å²) < 4.78 is 35.4. The number of hydrogen-bond donors (Lipinski definition) is 1. The van der Waals surface area contributed by atoms with Crippen LogP contribution in [-0.2, 0) is 35.5 Å². The summed E-state index contributed by atoms with van der Waals surface area (Å²) in [7, 11) is 3.08. The molecule has 1 aliphatic rings. The van der Waals surface area contributed by atoms with E-state index in [1.54, 1.807) is 48.4 Å². The van der Waals surface area contributed by atoms with Crippen molar-refractivity contribution in [3.05, 3.63) is 119 Å². The molecule has 4 aromatic carbocycles. The van der Waals surface area contributed by atoms with E-state index in [1.165, 1.54) is 19.2 Å². The van der Waals surface area contributed by atoms with Gasteiger partial charge in [-0.15, -0.1) is 0 Å². The van der Waals surface area contributed by atoms with Crippen LogP contribution in [-0.4, -0.2) is 43.8 Å². The highest BCUT2D eigenvalue weighted by Crippen LogP contribution is 2.32. The number of benzene rings is 4. The third-order valence-electron chi connectivity index (χ3n) is 7.24. The molecule has 0 unspecified atom stereocenters. The van der Waals surface area contributed by atoms with E-state index < -0.39 is 6.04 Å². The molecular formula is C34H33FN2O6. The third kappa shape index (κ3) is 7.43. The van der Waals surface area contributed by atoms with E-state index in [-0.39, 0.29) is 50.4 Å². The lowest BCUT2D eigenvalue weighted by Gasteiger charge is -2.32. The first-order valence-electron chi connectivity index (χ1n) is 13.9. The van der Waals surface area contributed by atoms with E-state index in [0.717, 1.165) is 11.1 Å². The van der Waals surface area contributed by atoms with Crippen LogP contribution in [0.2, 0.25) is 0 Å². The second-order valence-corrected chi connectivity index (χ2v) is 10.1. The number of hydrogen-bond acceptors (Lipinski definition) is 6. The minimum atomic E-state index is -0.853. The summed E-state index contributed by atoms with van der Waals surface area (Å²) in [6.07, 6.45) is 0.301. The Labute approximate surface area is 249 Å². The Bertz CT molecular complexity index is 1560. The quantitative estimate of drug-likeness (QED) is 0.250. The maximum Gasteiger partial charge on any atom is 0.243 e. The number of carbonyl (C=O) groups excluding carboxylic acids is 2. The molecule has 9 heteroatoms. The maximum atomic E-state index is 14.0. The van der Waals surface area contributed by atoms with Crippen LogP contribution in [0, 0.1) is 5.82 Å². The van der Waals surface area contributed by atoms with Gasteiger partial charge in [-0.3, -0.25) is 9.59 Å². The SMILES string of the molecule is COc1ccc(CC(=O)N(Cc2ccc(F)cc2)[C@@H](Cc2ccccc2)C(=O)NCc2ccc3c(c2)OCO3)cc1OC. The average Bonchev–Trinajstić information content (AvgIpc) is 3.51. The normalized spacial score (nSPS) is 12.3. The maximum absolute atomic E-state index is 14.0. The summed E-state index contributed by atoms with van der Waals surface area (Å²) in [5.74, 6) is 1.36. The molecule has 0 spiro atoms. The molecule has 4 aromatic rings. The summed E-state index contributed by atoms with van der Waals surface area (Å²) >= 11 is 0. The van der Waals surface area contributed by atoms with Crippen LogP contribution in [0.4, 0.5) is 4.39 Å². The van der Waals surface area contributed by atoms with E-state index in [1.807, 2.05) is 42.5 Å². The Morgan fingerprint density at radius 2 is 1.51 bits per heavy atom. The Kier molecular flexibility index (Phi) is 9.41. The van der Waals surface area contributed by atoms with Crippen molar-refractivity contribution in [2.45, 2.75) is 32.0 Å². The monoisotopic (exact) mass is 584 g/mol. The molecule has 1 aliphatic heterocycles. The van der Waals surface area contributed by atoms with Gasteiger partial charge in [-0.25, -0.2) is 4.39 Å². The topological polar surface area (TPSA) is 86.3 Å². The average molecular weight is 585 g/mol. The predicted octanol–water partition coefficient (Wildman–Crippen LogP) is 5.07. The number of ether oxygens (including phenoxy) is 4. The van der Waals surface area contributed by atoms with Crippen LogP contribution in [0.1, 0.15) is 22.3 Å². The van der Waals surface area contributed by atoms with Gasteiger partial charge in [-0.05, 0) is 58.7 Å². The summed E-state index contributed by atoms with van der Waals surface area (Å²) in [5.41, 5.74) is 3.13. The van der Waals surface area contributed by atoms with Gasteiger partial charge >= 0.3 is 0 Å². The Hall–Kier alpha value is -5.05. The Balaban J connectivity index is 1.44. The number of amides is 2. The van der Waals surface area contributed by atoms with Gasteiger partial charge in [0, 0.05) is 19.5 Å². The van der Waals surface area contributed by atoms with Crippen LogP contribution < -0.4 is 24.3 Å². The fourth-order valence-electron chi connectivity index (χ4n) is 4.97. The zero-order valence-corrected chi connectivity index (χ0v) is 24.0. The Morgan fingerprint density at radius 3 is 2.26 bits per heavy atom. The first-order chi connectivity index (χ1) is 20.9. The van der Waals surface area contributed by atoms with Crippen molar-refractivity contribution >= 4 is 11.8 Å². The lowest BCUT2D eigenvalue weighted by atomic mass is 10.0. The molecule has 8 nitrogen and oxygen atoms in total. The minimum Gasteiger partial charge on any atom is -0.493 e. The molecule has 1 N–H and O–H groups in total. The molecular weight excluding hydrogens is 551 g/mol. The van der Waals surface area contributed by atoms with Crippen molar-refractivity contribution in [3.63, 3.8) is 0 Å². The first kappa shape index (κ1) is 29.4. The van der Waals surface area contributed by atoms with Gasteiger partial charge in [-0.1, -0.05) is 54.6 Å². The van der Waals surface area contributed by atoms with Crippen LogP contribution in [0.3, 0.4) is 0 Å². The van der Waals surface area contributed by atoms with Gasteiger partial charge in [-0.2, -0.15) is 0 Å².